The summed E-state index contributed by atoms with van der Waals surface area (Å²) in [6.45, 7) is 4.00. The first kappa shape index (κ1) is 10.3. The zero-order valence-corrected chi connectivity index (χ0v) is 7.09. The molecule has 0 unspecified atom stereocenters. The van der Waals surface area contributed by atoms with E-state index in [2.05, 4.69) is 9.97 Å². The van der Waals surface area contributed by atoms with Gasteiger partial charge in [0.1, 0.15) is 5.69 Å². The van der Waals surface area contributed by atoms with E-state index >= 15 is 0 Å². The summed E-state index contributed by atoms with van der Waals surface area (Å²) < 4.78 is 0. The third-order valence-electron chi connectivity index (χ3n) is 1.00. The zero-order valence-electron chi connectivity index (χ0n) is 7.09. The van der Waals surface area contributed by atoms with Crippen LogP contribution in [0.4, 0.5) is 17.5 Å². The summed E-state index contributed by atoms with van der Waals surface area (Å²) in [6.07, 6.45) is 0. The average molecular weight is 171 g/mol. The topological polar surface area (TPSA) is 124 Å². The van der Waals surface area contributed by atoms with Gasteiger partial charge in [-0.1, -0.05) is 13.8 Å². The molecule has 7 N–H and O–H groups in total. The number of nitrogens with one attached hydrogen (secondary N) is 1. The molecule has 12 heavy (non-hydrogen) atoms. The molecule has 0 aromatic carbocycles. The lowest BCUT2D eigenvalue weighted by atomic mass is 10.5. The Labute approximate surface area is 69.8 Å². The largest absolute Gasteiger partial charge is 0.391 e. The Hall–Kier alpha value is -1.72. The highest BCUT2D eigenvalue weighted by atomic mass is 16.1. The maximum absolute atomic E-state index is 10.7. The first-order valence-corrected chi connectivity index (χ1v) is 3.52. The van der Waals surface area contributed by atoms with Crippen molar-refractivity contribution in [2.45, 2.75) is 13.8 Å². The summed E-state index contributed by atoms with van der Waals surface area (Å²) in [5, 5.41) is 0. The fraction of sp³-hybridized carbons (Fsp3) is 0.333. The van der Waals surface area contributed by atoms with E-state index in [1.54, 1.807) is 0 Å². The van der Waals surface area contributed by atoms with Gasteiger partial charge >= 0.3 is 0 Å². The predicted octanol–water partition coefficient (Wildman–Crippen LogP) is -0.457. The molecule has 0 saturated heterocycles. The minimum atomic E-state index is -0.509. The van der Waals surface area contributed by atoms with E-state index in [0.29, 0.717) is 0 Å². The Morgan fingerprint density at radius 3 is 2.17 bits per heavy atom. The van der Waals surface area contributed by atoms with Crippen molar-refractivity contribution in [2.24, 2.45) is 0 Å². The molecular weight excluding hydrogens is 158 g/mol. The van der Waals surface area contributed by atoms with Crippen molar-refractivity contribution in [3.05, 3.63) is 10.4 Å². The number of hydrogen-bond acceptors (Lipinski definition) is 5. The smallest absolute Gasteiger partial charge is 0.277 e. The second kappa shape index (κ2) is 4.22. The van der Waals surface area contributed by atoms with Gasteiger partial charge in [-0.05, 0) is 0 Å². The normalized spacial score (nSPS) is 8.50. The van der Waals surface area contributed by atoms with Crippen molar-refractivity contribution >= 4 is 17.5 Å². The molecular formula is C6H13N5O. The lowest BCUT2D eigenvalue weighted by molar-refractivity contribution is 1.15. The molecule has 68 valence electrons. The van der Waals surface area contributed by atoms with Gasteiger partial charge < -0.3 is 17.2 Å². The molecule has 0 spiro atoms. The van der Waals surface area contributed by atoms with Crippen LogP contribution in [0.15, 0.2) is 4.79 Å². The molecule has 0 fully saturated rings. The molecule has 6 nitrogen and oxygen atoms in total. The van der Waals surface area contributed by atoms with Crippen molar-refractivity contribution < 1.29 is 0 Å². The lowest BCUT2D eigenvalue weighted by Gasteiger charge is -1.96. The summed E-state index contributed by atoms with van der Waals surface area (Å²) in [5.74, 6) is -0.0713. The summed E-state index contributed by atoms with van der Waals surface area (Å²) in [4.78, 5) is 16.4. The maximum Gasteiger partial charge on any atom is 0.277 e. The number of nitrogen functional groups attached to an aromatic ring is 3. The molecule has 0 saturated carbocycles. The summed E-state index contributed by atoms with van der Waals surface area (Å²) in [7, 11) is 0. The molecule has 1 aromatic heterocycles. The quantitative estimate of drug-likeness (QED) is 0.420. The standard InChI is InChI=1S/C4H7N5O.C2H6/c5-1-2(6)8-4(7)9-3(1)10;1-2/h5H2,(H5,6,7,8,9,10);1-2H3. The number of rotatable bonds is 0. The Morgan fingerprint density at radius 2 is 1.75 bits per heavy atom. The number of nitrogens with zero attached hydrogens (tertiary/aromatic N) is 1. The van der Waals surface area contributed by atoms with Crippen LogP contribution in [0.5, 0.6) is 0 Å². The molecule has 1 aromatic rings. The number of H-pyrrole nitrogens is 1. The van der Waals surface area contributed by atoms with Crippen molar-refractivity contribution in [1.29, 1.82) is 0 Å². The van der Waals surface area contributed by atoms with Crippen LogP contribution in [0.25, 0.3) is 0 Å². The van der Waals surface area contributed by atoms with E-state index in [9.17, 15) is 4.79 Å². The molecule has 0 atom stereocenters. The van der Waals surface area contributed by atoms with Crippen LogP contribution in [-0.2, 0) is 0 Å². The number of aromatic amines is 1. The van der Waals surface area contributed by atoms with Crippen molar-refractivity contribution in [2.75, 3.05) is 17.2 Å². The van der Waals surface area contributed by atoms with E-state index in [4.69, 9.17) is 17.2 Å². The van der Waals surface area contributed by atoms with Gasteiger partial charge in [0.25, 0.3) is 5.56 Å². The third kappa shape index (κ3) is 2.15. The fourth-order valence-corrected chi connectivity index (χ4v) is 0.518. The van der Waals surface area contributed by atoms with Crippen LogP contribution in [0, 0.1) is 0 Å². The van der Waals surface area contributed by atoms with Crippen LogP contribution in [-0.4, -0.2) is 9.97 Å². The second-order valence-electron chi connectivity index (χ2n) is 1.75. The Bertz CT molecular complexity index is 305. The van der Waals surface area contributed by atoms with E-state index in [0.717, 1.165) is 0 Å². The van der Waals surface area contributed by atoms with Gasteiger partial charge in [0.2, 0.25) is 5.95 Å². The second-order valence-corrected chi connectivity index (χ2v) is 1.75. The first-order valence-electron chi connectivity index (χ1n) is 3.52. The maximum atomic E-state index is 10.7. The third-order valence-corrected chi connectivity index (χ3v) is 1.00. The van der Waals surface area contributed by atoms with Gasteiger partial charge in [-0.25, -0.2) is 0 Å². The lowest BCUT2D eigenvalue weighted by Crippen LogP contribution is -2.17. The van der Waals surface area contributed by atoms with Crippen LogP contribution >= 0.6 is 0 Å². The monoisotopic (exact) mass is 171 g/mol. The summed E-state index contributed by atoms with van der Waals surface area (Å²) in [6, 6.07) is 0. The van der Waals surface area contributed by atoms with Gasteiger partial charge in [-0.3, -0.25) is 9.78 Å². The number of aromatic nitrogens is 2. The van der Waals surface area contributed by atoms with Crippen LogP contribution in [0.3, 0.4) is 0 Å². The molecule has 6 heteroatoms. The van der Waals surface area contributed by atoms with E-state index in [-0.39, 0.29) is 17.5 Å². The molecule has 0 aliphatic rings. The van der Waals surface area contributed by atoms with E-state index in [1.165, 1.54) is 0 Å². The minimum absolute atomic E-state index is 0.0308. The SMILES string of the molecule is CC.Nc1nc(N)c(N)c(=O)[nH]1. The Morgan fingerprint density at radius 1 is 1.25 bits per heavy atom. The van der Waals surface area contributed by atoms with Gasteiger partial charge in [-0.15, -0.1) is 0 Å². The van der Waals surface area contributed by atoms with Gasteiger partial charge in [-0.2, -0.15) is 4.98 Å². The zero-order chi connectivity index (χ0) is 9.72. The van der Waals surface area contributed by atoms with Crippen LogP contribution < -0.4 is 22.8 Å². The molecule has 1 heterocycles. The fourth-order valence-electron chi connectivity index (χ4n) is 0.518. The number of nitrogens with two attached hydrogens (primary N) is 3. The van der Waals surface area contributed by atoms with E-state index in [1.807, 2.05) is 13.8 Å². The molecule has 0 radical (unpaired) electrons. The number of anilines is 3. The minimum Gasteiger partial charge on any atom is -0.391 e. The Kier molecular flexibility index (Phi) is 3.61. The molecule has 1 rings (SSSR count). The van der Waals surface area contributed by atoms with Gasteiger partial charge in [0.15, 0.2) is 5.82 Å². The Balaban J connectivity index is 0.000000561. The van der Waals surface area contributed by atoms with Crippen LogP contribution in [0.2, 0.25) is 0 Å². The number of hydrogen-bond donors (Lipinski definition) is 4. The molecule has 0 aliphatic carbocycles. The van der Waals surface area contributed by atoms with Gasteiger partial charge in [0, 0.05) is 0 Å². The van der Waals surface area contributed by atoms with Gasteiger partial charge in [0.05, 0.1) is 0 Å². The highest BCUT2D eigenvalue weighted by Crippen LogP contribution is 2.02. The summed E-state index contributed by atoms with van der Waals surface area (Å²) in [5.41, 5.74) is 14.9. The summed E-state index contributed by atoms with van der Waals surface area (Å²) >= 11 is 0. The molecule has 0 amide bonds. The van der Waals surface area contributed by atoms with E-state index < -0.39 is 5.56 Å². The highest BCUT2D eigenvalue weighted by molar-refractivity contribution is 5.57. The first-order chi connectivity index (χ1) is 5.61. The van der Waals surface area contributed by atoms with Crippen LogP contribution in [0.1, 0.15) is 13.8 Å². The predicted molar refractivity (Wildman–Crippen MR) is 49.4 cm³/mol. The van der Waals surface area contributed by atoms with Crippen molar-refractivity contribution in [3.63, 3.8) is 0 Å². The average Bonchev–Trinajstić information content (AvgIpc) is 2.04. The highest BCUT2D eigenvalue weighted by Gasteiger charge is 2.00. The van der Waals surface area contributed by atoms with Crippen molar-refractivity contribution in [3.8, 4) is 0 Å². The van der Waals surface area contributed by atoms with Crippen molar-refractivity contribution in [1.82, 2.24) is 9.97 Å². The molecule has 0 aliphatic heterocycles. The molecule has 0 bridgehead atoms.